The fourth-order valence-electron chi connectivity index (χ4n) is 4.23. The molecule has 0 saturated carbocycles. The molecule has 0 saturated heterocycles. The minimum absolute atomic E-state index is 0.0431. The summed E-state index contributed by atoms with van der Waals surface area (Å²) in [5, 5.41) is 3.07. The lowest BCUT2D eigenvalue weighted by molar-refractivity contribution is -0.126. The van der Waals surface area contributed by atoms with Gasteiger partial charge < -0.3 is 10.2 Å². The number of amides is 3. The molecule has 0 spiro atoms. The van der Waals surface area contributed by atoms with Crippen molar-refractivity contribution < 1.29 is 9.59 Å². The fourth-order valence-corrected chi connectivity index (χ4v) is 4.23. The lowest BCUT2D eigenvalue weighted by Crippen LogP contribution is -2.47. The lowest BCUT2D eigenvalue weighted by atomic mass is 9.90. The number of urea groups is 1. The summed E-state index contributed by atoms with van der Waals surface area (Å²) in [4.78, 5) is 33.9. The zero-order valence-corrected chi connectivity index (χ0v) is 17.6. The van der Waals surface area contributed by atoms with E-state index in [1.54, 1.807) is 28.3 Å². The first-order valence-corrected chi connectivity index (χ1v) is 10.1. The number of carbonyl (C=O) groups excluding carboxylic acids is 2. The molecule has 0 bridgehead atoms. The molecular weight excluding hydrogens is 376 g/mol. The predicted molar refractivity (Wildman–Crippen MR) is 116 cm³/mol. The van der Waals surface area contributed by atoms with Gasteiger partial charge in [0.15, 0.2) is 0 Å². The Labute approximate surface area is 176 Å². The van der Waals surface area contributed by atoms with Gasteiger partial charge in [-0.05, 0) is 60.7 Å². The van der Waals surface area contributed by atoms with E-state index in [9.17, 15) is 9.59 Å². The summed E-state index contributed by atoms with van der Waals surface area (Å²) >= 11 is 0. The fraction of sp³-hybridized carbons (Fsp3) is 0.292. The molecule has 2 aliphatic heterocycles. The minimum atomic E-state index is -0.456. The van der Waals surface area contributed by atoms with E-state index in [2.05, 4.69) is 42.9 Å². The smallest absolute Gasteiger partial charge is 0.322 e. The molecule has 0 radical (unpaired) electrons. The first-order valence-electron chi connectivity index (χ1n) is 10.1. The van der Waals surface area contributed by atoms with Crippen LogP contribution in [0.4, 0.5) is 4.79 Å². The summed E-state index contributed by atoms with van der Waals surface area (Å²) in [5.41, 5.74) is 6.78. The zero-order valence-electron chi connectivity index (χ0n) is 17.6. The highest BCUT2D eigenvalue weighted by atomic mass is 16.2. The molecule has 0 fully saturated rings. The molecule has 154 valence electrons. The normalized spacial score (nSPS) is 18.6. The van der Waals surface area contributed by atoms with Gasteiger partial charge in [-0.1, -0.05) is 18.2 Å². The quantitative estimate of drug-likeness (QED) is 0.778. The van der Waals surface area contributed by atoms with E-state index >= 15 is 0 Å². The summed E-state index contributed by atoms with van der Waals surface area (Å²) in [6, 6.07) is 7.35. The molecule has 30 heavy (non-hydrogen) atoms. The first-order chi connectivity index (χ1) is 14.4. The van der Waals surface area contributed by atoms with Crippen molar-refractivity contribution in [3.05, 3.63) is 88.4 Å². The molecule has 2 aromatic rings. The highest BCUT2D eigenvalue weighted by molar-refractivity contribution is 6.01. The van der Waals surface area contributed by atoms with Crippen LogP contribution < -0.4 is 5.32 Å². The van der Waals surface area contributed by atoms with Crippen LogP contribution in [0.2, 0.25) is 0 Å². The number of aryl methyl sites for hydroxylation is 3. The van der Waals surface area contributed by atoms with E-state index in [1.165, 1.54) is 5.56 Å². The minimum Gasteiger partial charge on any atom is -0.329 e. The summed E-state index contributed by atoms with van der Waals surface area (Å²) in [6.07, 6.45) is 5.13. The molecule has 1 N–H and O–H groups in total. The Balaban J connectivity index is 1.76. The van der Waals surface area contributed by atoms with Crippen LogP contribution in [-0.2, 0) is 11.3 Å². The van der Waals surface area contributed by atoms with Gasteiger partial charge in [0.25, 0.3) is 5.91 Å². The Bertz CT molecular complexity index is 1060. The monoisotopic (exact) mass is 402 g/mol. The van der Waals surface area contributed by atoms with Crippen molar-refractivity contribution in [2.24, 2.45) is 0 Å². The largest absolute Gasteiger partial charge is 0.329 e. The van der Waals surface area contributed by atoms with Gasteiger partial charge in [-0.3, -0.25) is 14.7 Å². The van der Waals surface area contributed by atoms with Crippen molar-refractivity contribution in [2.75, 3.05) is 13.1 Å². The predicted octanol–water partition coefficient (Wildman–Crippen LogP) is 3.56. The Hall–Kier alpha value is -3.41. The topological polar surface area (TPSA) is 65.5 Å². The van der Waals surface area contributed by atoms with Gasteiger partial charge >= 0.3 is 6.03 Å². The van der Waals surface area contributed by atoms with E-state index in [1.807, 2.05) is 19.1 Å². The molecule has 6 heteroatoms. The number of benzene rings is 1. The number of hydrogen-bond donors (Lipinski definition) is 1. The average molecular weight is 402 g/mol. The van der Waals surface area contributed by atoms with E-state index in [4.69, 9.17) is 0 Å². The Morgan fingerprint density at radius 1 is 1.13 bits per heavy atom. The second-order valence-electron chi connectivity index (χ2n) is 7.95. The Kier molecular flexibility index (Phi) is 5.16. The summed E-state index contributed by atoms with van der Waals surface area (Å²) < 4.78 is 0. The molecule has 1 unspecified atom stereocenters. The highest BCUT2D eigenvalue weighted by Crippen LogP contribution is 2.38. The van der Waals surface area contributed by atoms with Crippen LogP contribution in [-0.4, -0.2) is 39.8 Å². The summed E-state index contributed by atoms with van der Waals surface area (Å²) in [5.74, 6) is -0.0431. The Morgan fingerprint density at radius 3 is 2.53 bits per heavy atom. The number of aromatic nitrogens is 1. The van der Waals surface area contributed by atoms with Crippen molar-refractivity contribution >= 4 is 11.9 Å². The van der Waals surface area contributed by atoms with E-state index in [-0.39, 0.29) is 11.9 Å². The maximum absolute atomic E-state index is 13.5. The van der Waals surface area contributed by atoms with Gasteiger partial charge in [-0.15, -0.1) is 6.58 Å². The number of rotatable bonds is 5. The van der Waals surface area contributed by atoms with Crippen molar-refractivity contribution in [1.29, 1.82) is 0 Å². The van der Waals surface area contributed by atoms with Crippen molar-refractivity contribution in [1.82, 2.24) is 20.1 Å². The van der Waals surface area contributed by atoms with E-state index in [0.717, 1.165) is 28.0 Å². The standard InChI is InChI=1S/C24H26N4O2/c1-5-10-28-20-14-27(13-18-6-8-25-9-7-18)23(29)21(20)22(26-24(28)30)19-12-16(3)15(2)11-17(19)4/h5-9,11-12,22H,1,10,13-14H2,2-4H3,(H,26,30). The number of pyridine rings is 1. The van der Waals surface area contributed by atoms with Crippen LogP contribution in [0.15, 0.2) is 60.6 Å². The molecule has 0 aliphatic carbocycles. The van der Waals surface area contributed by atoms with Gasteiger partial charge in [0, 0.05) is 25.5 Å². The molecule has 6 nitrogen and oxygen atoms in total. The third kappa shape index (κ3) is 3.38. The summed E-state index contributed by atoms with van der Waals surface area (Å²) in [6.45, 7) is 11.2. The van der Waals surface area contributed by atoms with E-state index < -0.39 is 6.04 Å². The van der Waals surface area contributed by atoms with Gasteiger partial charge in [0.1, 0.15) is 0 Å². The number of nitrogens with one attached hydrogen (secondary N) is 1. The molecule has 3 amide bonds. The van der Waals surface area contributed by atoms with Gasteiger partial charge in [0.2, 0.25) is 0 Å². The van der Waals surface area contributed by atoms with Gasteiger partial charge in [-0.2, -0.15) is 0 Å². The van der Waals surface area contributed by atoms with Crippen molar-refractivity contribution in [2.45, 2.75) is 33.4 Å². The third-order valence-corrected chi connectivity index (χ3v) is 5.92. The molecule has 3 heterocycles. The molecule has 1 atom stereocenters. The van der Waals surface area contributed by atoms with Crippen molar-refractivity contribution in [3.63, 3.8) is 0 Å². The number of carbonyl (C=O) groups is 2. The second-order valence-corrected chi connectivity index (χ2v) is 7.95. The Morgan fingerprint density at radius 2 is 1.83 bits per heavy atom. The third-order valence-electron chi connectivity index (χ3n) is 5.92. The lowest BCUT2D eigenvalue weighted by Gasteiger charge is -2.33. The number of hydrogen-bond acceptors (Lipinski definition) is 3. The SMILES string of the molecule is C=CCN1C(=O)NC(c2cc(C)c(C)cc2C)C2=C1CN(Cc1ccncc1)C2=O. The molecule has 4 rings (SSSR count). The highest BCUT2D eigenvalue weighted by Gasteiger charge is 2.44. The summed E-state index contributed by atoms with van der Waals surface area (Å²) in [7, 11) is 0. The second kappa shape index (κ2) is 7.78. The van der Waals surface area contributed by atoms with E-state index in [0.29, 0.717) is 25.2 Å². The number of nitrogens with zero attached hydrogens (tertiary/aromatic N) is 3. The first kappa shape index (κ1) is 19.9. The van der Waals surface area contributed by atoms with Crippen LogP contribution in [0.5, 0.6) is 0 Å². The van der Waals surface area contributed by atoms with Gasteiger partial charge in [0.05, 0.1) is 23.9 Å². The van der Waals surface area contributed by atoms with Crippen LogP contribution in [0.3, 0.4) is 0 Å². The maximum Gasteiger partial charge on any atom is 0.322 e. The molecule has 2 aliphatic rings. The molecular formula is C24H26N4O2. The van der Waals surface area contributed by atoms with Gasteiger partial charge in [-0.25, -0.2) is 4.79 Å². The maximum atomic E-state index is 13.5. The average Bonchev–Trinajstić information content (AvgIpc) is 3.04. The molecule has 1 aromatic carbocycles. The van der Waals surface area contributed by atoms with Crippen molar-refractivity contribution in [3.8, 4) is 0 Å². The molecule has 1 aromatic heterocycles. The van der Waals surface area contributed by atoms with Crippen LogP contribution in [0, 0.1) is 20.8 Å². The van der Waals surface area contributed by atoms with Crippen LogP contribution in [0.1, 0.15) is 33.9 Å². The zero-order chi connectivity index (χ0) is 21.4. The van der Waals surface area contributed by atoms with Crippen LogP contribution >= 0.6 is 0 Å². The van der Waals surface area contributed by atoms with Crippen LogP contribution in [0.25, 0.3) is 0 Å².